The average molecular weight is 190 g/mol. The largest absolute Gasteiger partial charge is 0.308 e. The summed E-state index contributed by atoms with van der Waals surface area (Å²) in [6.07, 6.45) is 0. The van der Waals surface area contributed by atoms with Gasteiger partial charge in [0.2, 0.25) is 0 Å². The number of aryl methyl sites for hydroxylation is 1. The van der Waals surface area contributed by atoms with Crippen LogP contribution in [0.1, 0.15) is 17.2 Å². The Bertz CT molecular complexity index is 309. The molecule has 1 N–H and O–H groups in total. The van der Waals surface area contributed by atoms with Crippen LogP contribution in [-0.4, -0.2) is 31.6 Å². The predicted octanol–water partition coefficient (Wildman–Crippen LogP) is 1.57. The van der Waals surface area contributed by atoms with Crippen LogP contribution in [0.4, 0.5) is 0 Å². The van der Waals surface area contributed by atoms with Crippen molar-refractivity contribution in [1.82, 2.24) is 10.2 Å². The van der Waals surface area contributed by atoms with Crippen molar-refractivity contribution in [2.75, 3.05) is 26.7 Å². The monoisotopic (exact) mass is 190 g/mol. The standard InChI is InChI=1S/C12H18N2/c1-10-4-3-5-11(8-10)12-9-14(2)7-6-13-12/h3-5,8,12-13H,6-7,9H2,1-2H3. The van der Waals surface area contributed by atoms with Crippen molar-refractivity contribution in [2.45, 2.75) is 13.0 Å². The Hall–Kier alpha value is -0.860. The fourth-order valence-corrected chi connectivity index (χ4v) is 2.01. The summed E-state index contributed by atoms with van der Waals surface area (Å²) in [5, 5.41) is 3.55. The van der Waals surface area contributed by atoms with E-state index in [0.717, 1.165) is 19.6 Å². The van der Waals surface area contributed by atoms with Crippen molar-refractivity contribution < 1.29 is 0 Å². The molecule has 1 aliphatic rings. The van der Waals surface area contributed by atoms with Crippen LogP contribution in [0.2, 0.25) is 0 Å². The summed E-state index contributed by atoms with van der Waals surface area (Å²) in [6.45, 7) is 5.51. The zero-order valence-corrected chi connectivity index (χ0v) is 8.96. The molecule has 0 aromatic heterocycles. The van der Waals surface area contributed by atoms with Crippen molar-refractivity contribution in [1.29, 1.82) is 0 Å². The number of hydrogen-bond acceptors (Lipinski definition) is 2. The molecule has 1 heterocycles. The lowest BCUT2D eigenvalue weighted by molar-refractivity contribution is 0.241. The highest BCUT2D eigenvalue weighted by Crippen LogP contribution is 2.17. The molecule has 2 rings (SSSR count). The van der Waals surface area contributed by atoms with Crippen LogP contribution in [0.25, 0.3) is 0 Å². The number of likely N-dealkylation sites (N-methyl/N-ethyl adjacent to an activating group) is 1. The van der Waals surface area contributed by atoms with Crippen molar-refractivity contribution in [3.8, 4) is 0 Å². The Morgan fingerprint density at radius 3 is 3.00 bits per heavy atom. The van der Waals surface area contributed by atoms with Gasteiger partial charge in [0.05, 0.1) is 0 Å². The molecule has 14 heavy (non-hydrogen) atoms. The molecule has 1 unspecified atom stereocenters. The Balaban J connectivity index is 2.14. The minimum Gasteiger partial charge on any atom is -0.308 e. The number of piperazine rings is 1. The smallest absolute Gasteiger partial charge is 0.0449 e. The molecule has 0 radical (unpaired) electrons. The topological polar surface area (TPSA) is 15.3 Å². The highest BCUT2D eigenvalue weighted by molar-refractivity contribution is 5.25. The van der Waals surface area contributed by atoms with E-state index in [9.17, 15) is 0 Å². The molecular weight excluding hydrogens is 172 g/mol. The van der Waals surface area contributed by atoms with Crippen molar-refractivity contribution in [3.63, 3.8) is 0 Å². The van der Waals surface area contributed by atoms with Gasteiger partial charge in [-0.15, -0.1) is 0 Å². The fraction of sp³-hybridized carbons (Fsp3) is 0.500. The molecule has 0 saturated carbocycles. The van der Waals surface area contributed by atoms with Gasteiger partial charge in [-0.1, -0.05) is 29.8 Å². The van der Waals surface area contributed by atoms with Gasteiger partial charge in [-0.05, 0) is 19.5 Å². The van der Waals surface area contributed by atoms with E-state index in [1.165, 1.54) is 11.1 Å². The lowest BCUT2D eigenvalue weighted by Crippen LogP contribution is -2.43. The molecule has 2 nitrogen and oxygen atoms in total. The second-order valence-corrected chi connectivity index (χ2v) is 4.18. The minimum absolute atomic E-state index is 0.508. The van der Waals surface area contributed by atoms with E-state index < -0.39 is 0 Å². The molecule has 1 aromatic rings. The first-order valence-corrected chi connectivity index (χ1v) is 5.24. The van der Waals surface area contributed by atoms with Crippen LogP contribution < -0.4 is 5.32 Å². The Kier molecular flexibility index (Phi) is 2.85. The molecule has 0 aliphatic carbocycles. The zero-order chi connectivity index (χ0) is 9.97. The zero-order valence-electron chi connectivity index (χ0n) is 8.96. The molecule has 1 aliphatic heterocycles. The third kappa shape index (κ3) is 2.14. The van der Waals surface area contributed by atoms with Gasteiger partial charge in [0.1, 0.15) is 0 Å². The lowest BCUT2D eigenvalue weighted by atomic mass is 10.0. The number of nitrogens with zero attached hydrogens (tertiary/aromatic N) is 1. The lowest BCUT2D eigenvalue weighted by Gasteiger charge is -2.31. The van der Waals surface area contributed by atoms with Crippen LogP contribution in [0.3, 0.4) is 0 Å². The van der Waals surface area contributed by atoms with Crippen LogP contribution >= 0.6 is 0 Å². The van der Waals surface area contributed by atoms with E-state index in [-0.39, 0.29) is 0 Å². The number of hydrogen-bond donors (Lipinski definition) is 1. The van der Waals surface area contributed by atoms with E-state index in [0.29, 0.717) is 6.04 Å². The third-order valence-corrected chi connectivity index (χ3v) is 2.82. The van der Waals surface area contributed by atoms with Gasteiger partial charge in [-0.2, -0.15) is 0 Å². The first-order chi connectivity index (χ1) is 6.75. The van der Waals surface area contributed by atoms with Crippen molar-refractivity contribution in [2.24, 2.45) is 0 Å². The summed E-state index contributed by atoms with van der Waals surface area (Å²) < 4.78 is 0. The van der Waals surface area contributed by atoms with Gasteiger partial charge in [0.25, 0.3) is 0 Å². The number of nitrogens with one attached hydrogen (secondary N) is 1. The molecule has 0 amide bonds. The average Bonchev–Trinajstić information content (AvgIpc) is 2.18. The Labute approximate surface area is 85.9 Å². The highest BCUT2D eigenvalue weighted by Gasteiger charge is 2.17. The molecule has 1 aromatic carbocycles. The molecule has 76 valence electrons. The first kappa shape index (κ1) is 9.69. The van der Waals surface area contributed by atoms with Gasteiger partial charge in [-0.3, -0.25) is 0 Å². The molecule has 1 fully saturated rings. The van der Waals surface area contributed by atoms with Gasteiger partial charge < -0.3 is 10.2 Å². The summed E-state index contributed by atoms with van der Waals surface area (Å²) in [5.74, 6) is 0. The van der Waals surface area contributed by atoms with E-state index in [2.05, 4.69) is 48.5 Å². The second kappa shape index (κ2) is 4.11. The first-order valence-electron chi connectivity index (χ1n) is 5.24. The Morgan fingerprint density at radius 2 is 2.29 bits per heavy atom. The predicted molar refractivity (Wildman–Crippen MR) is 59.4 cm³/mol. The Morgan fingerprint density at radius 1 is 1.43 bits per heavy atom. The maximum Gasteiger partial charge on any atom is 0.0449 e. The highest BCUT2D eigenvalue weighted by atomic mass is 15.2. The van der Waals surface area contributed by atoms with Gasteiger partial charge in [0, 0.05) is 25.7 Å². The van der Waals surface area contributed by atoms with E-state index in [4.69, 9.17) is 0 Å². The molecule has 0 bridgehead atoms. The maximum atomic E-state index is 3.55. The summed E-state index contributed by atoms with van der Waals surface area (Å²) >= 11 is 0. The van der Waals surface area contributed by atoms with E-state index in [1.807, 2.05) is 0 Å². The number of benzene rings is 1. The molecule has 1 saturated heterocycles. The van der Waals surface area contributed by atoms with Crippen molar-refractivity contribution in [3.05, 3.63) is 35.4 Å². The van der Waals surface area contributed by atoms with Gasteiger partial charge >= 0.3 is 0 Å². The third-order valence-electron chi connectivity index (χ3n) is 2.82. The molecular formula is C12H18N2. The maximum absolute atomic E-state index is 3.55. The van der Waals surface area contributed by atoms with Crippen molar-refractivity contribution >= 4 is 0 Å². The van der Waals surface area contributed by atoms with E-state index >= 15 is 0 Å². The summed E-state index contributed by atoms with van der Waals surface area (Å²) in [4.78, 5) is 2.38. The molecule has 2 heteroatoms. The van der Waals surface area contributed by atoms with Crippen LogP contribution in [0, 0.1) is 6.92 Å². The minimum atomic E-state index is 0.508. The summed E-state index contributed by atoms with van der Waals surface area (Å²) in [7, 11) is 2.18. The van der Waals surface area contributed by atoms with Gasteiger partial charge in [-0.25, -0.2) is 0 Å². The van der Waals surface area contributed by atoms with Crippen LogP contribution in [0.15, 0.2) is 24.3 Å². The van der Waals surface area contributed by atoms with Crippen LogP contribution in [-0.2, 0) is 0 Å². The molecule has 0 spiro atoms. The van der Waals surface area contributed by atoms with Crippen LogP contribution in [0.5, 0.6) is 0 Å². The molecule has 1 atom stereocenters. The normalized spacial score (nSPS) is 23.7. The SMILES string of the molecule is Cc1cccc(C2CN(C)CCN2)c1. The second-order valence-electron chi connectivity index (χ2n) is 4.18. The summed E-state index contributed by atoms with van der Waals surface area (Å²) in [5.41, 5.74) is 2.76. The van der Waals surface area contributed by atoms with E-state index in [1.54, 1.807) is 0 Å². The fourth-order valence-electron chi connectivity index (χ4n) is 2.01. The quantitative estimate of drug-likeness (QED) is 0.723. The summed E-state index contributed by atoms with van der Waals surface area (Å²) in [6, 6.07) is 9.28. The van der Waals surface area contributed by atoms with Gasteiger partial charge in [0.15, 0.2) is 0 Å². The number of rotatable bonds is 1.